The molecule has 0 radical (unpaired) electrons. The average molecular weight is 381 g/mol. The van der Waals surface area contributed by atoms with E-state index in [1.165, 1.54) is 11.8 Å². The number of hydrogen-bond acceptors (Lipinski definition) is 3. The lowest BCUT2D eigenvalue weighted by molar-refractivity contribution is -0.113. The molecule has 1 amide bonds. The summed E-state index contributed by atoms with van der Waals surface area (Å²) in [6.07, 6.45) is 1.78. The van der Waals surface area contributed by atoms with Gasteiger partial charge in [-0.3, -0.25) is 9.59 Å². The molecule has 0 unspecified atom stereocenters. The smallest absolute Gasteiger partial charge is 0.234 e. The van der Waals surface area contributed by atoms with Crippen molar-refractivity contribution in [2.75, 3.05) is 11.1 Å². The number of aromatic amines is 1. The van der Waals surface area contributed by atoms with E-state index in [1.54, 1.807) is 6.07 Å². The van der Waals surface area contributed by atoms with E-state index in [9.17, 15) is 9.59 Å². The molecule has 2 aromatic carbocycles. The third kappa shape index (κ3) is 4.80. The van der Waals surface area contributed by atoms with Gasteiger partial charge in [0, 0.05) is 34.1 Å². The number of rotatable bonds is 7. The molecule has 0 atom stereocenters. The van der Waals surface area contributed by atoms with Crippen LogP contribution in [0.1, 0.15) is 30.7 Å². The van der Waals surface area contributed by atoms with Crippen molar-refractivity contribution in [3.8, 4) is 0 Å². The Kier molecular flexibility index (Phi) is 6.35. The van der Waals surface area contributed by atoms with E-state index in [1.807, 2.05) is 42.5 Å². The minimum Gasteiger partial charge on any atom is -0.357 e. The van der Waals surface area contributed by atoms with Gasteiger partial charge in [0.2, 0.25) is 5.91 Å². The van der Waals surface area contributed by atoms with Crippen LogP contribution in [0.2, 0.25) is 0 Å². The second-order valence-electron chi connectivity index (χ2n) is 6.44. The van der Waals surface area contributed by atoms with Crippen molar-refractivity contribution < 1.29 is 4.79 Å². The SMILES string of the molecule is CCc1ccc2[nH]c(CSCC(=O)Nc3ccccc3CC)cc(=O)c2c1. The molecule has 0 aliphatic carbocycles. The number of benzene rings is 2. The summed E-state index contributed by atoms with van der Waals surface area (Å²) >= 11 is 1.49. The normalized spacial score (nSPS) is 10.9. The molecule has 3 rings (SSSR count). The summed E-state index contributed by atoms with van der Waals surface area (Å²) in [6, 6.07) is 15.4. The highest BCUT2D eigenvalue weighted by Crippen LogP contribution is 2.18. The first-order valence-corrected chi connectivity index (χ1v) is 10.4. The van der Waals surface area contributed by atoms with Gasteiger partial charge in [0.1, 0.15) is 0 Å². The fraction of sp³-hybridized carbons (Fsp3) is 0.273. The van der Waals surface area contributed by atoms with Crippen molar-refractivity contribution in [3.63, 3.8) is 0 Å². The Labute approximate surface area is 163 Å². The number of hydrogen-bond donors (Lipinski definition) is 2. The van der Waals surface area contributed by atoms with Gasteiger partial charge in [0.25, 0.3) is 0 Å². The molecule has 0 aliphatic heterocycles. The van der Waals surface area contributed by atoms with Crippen molar-refractivity contribution in [1.29, 1.82) is 0 Å². The third-order valence-corrected chi connectivity index (χ3v) is 5.50. The number of carbonyl (C=O) groups is 1. The minimum atomic E-state index is -0.0309. The van der Waals surface area contributed by atoms with Crippen molar-refractivity contribution in [3.05, 3.63) is 75.6 Å². The van der Waals surface area contributed by atoms with Gasteiger partial charge in [-0.2, -0.15) is 0 Å². The topological polar surface area (TPSA) is 62.0 Å². The van der Waals surface area contributed by atoms with E-state index in [0.29, 0.717) is 11.5 Å². The van der Waals surface area contributed by atoms with Crippen LogP contribution in [0.15, 0.2) is 53.3 Å². The highest BCUT2D eigenvalue weighted by atomic mass is 32.2. The molecule has 5 heteroatoms. The van der Waals surface area contributed by atoms with Gasteiger partial charge in [-0.25, -0.2) is 0 Å². The number of aromatic nitrogens is 1. The fourth-order valence-electron chi connectivity index (χ4n) is 3.04. The lowest BCUT2D eigenvalue weighted by Gasteiger charge is -2.10. The van der Waals surface area contributed by atoms with Crippen LogP contribution in [0.5, 0.6) is 0 Å². The highest BCUT2D eigenvalue weighted by Gasteiger charge is 2.08. The summed E-state index contributed by atoms with van der Waals surface area (Å²) in [4.78, 5) is 27.9. The Balaban J connectivity index is 1.61. The summed E-state index contributed by atoms with van der Waals surface area (Å²) < 4.78 is 0. The van der Waals surface area contributed by atoms with Gasteiger partial charge in [-0.05, 0) is 42.2 Å². The van der Waals surface area contributed by atoms with Gasteiger partial charge in [-0.1, -0.05) is 38.1 Å². The highest BCUT2D eigenvalue weighted by molar-refractivity contribution is 7.99. The Morgan fingerprint density at radius 1 is 1.07 bits per heavy atom. The van der Waals surface area contributed by atoms with Crippen LogP contribution < -0.4 is 10.7 Å². The van der Waals surface area contributed by atoms with Gasteiger partial charge >= 0.3 is 0 Å². The first-order chi connectivity index (χ1) is 13.1. The molecule has 0 fully saturated rings. The van der Waals surface area contributed by atoms with Crippen molar-refractivity contribution in [1.82, 2.24) is 4.98 Å². The Bertz CT molecular complexity index is 1010. The van der Waals surface area contributed by atoms with Crippen molar-refractivity contribution >= 4 is 34.3 Å². The quantitative estimate of drug-likeness (QED) is 0.633. The zero-order chi connectivity index (χ0) is 19.2. The maximum atomic E-state index is 12.4. The van der Waals surface area contributed by atoms with Crippen LogP contribution >= 0.6 is 11.8 Å². The van der Waals surface area contributed by atoms with E-state index in [4.69, 9.17) is 0 Å². The van der Waals surface area contributed by atoms with E-state index in [0.717, 1.165) is 46.3 Å². The van der Waals surface area contributed by atoms with Gasteiger partial charge in [0.05, 0.1) is 5.75 Å². The van der Waals surface area contributed by atoms with E-state index in [2.05, 4.69) is 24.1 Å². The number of anilines is 1. The van der Waals surface area contributed by atoms with Crippen molar-refractivity contribution in [2.24, 2.45) is 0 Å². The number of H-pyrrole nitrogens is 1. The molecule has 2 N–H and O–H groups in total. The molecule has 0 aliphatic rings. The minimum absolute atomic E-state index is 0.0241. The number of aryl methyl sites for hydroxylation is 2. The molecule has 27 heavy (non-hydrogen) atoms. The predicted octanol–water partition coefficient (Wildman–Crippen LogP) is 4.52. The maximum absolute atomic E-state index is 12.4. The molecule has 4 nitrogen and oxygen atoms in total. The van der Waals surface area contributed by atoms with E-state index in [-0.39, 0.29) is 11.3 Å². The summed E-state index contributed by atoms with van der Waals surface area (Å²) in [5.74, 6) is 0.896. The summed E-state index contributed by atoms with van der Waals surface area (Å²) in [7, 11) is 0. The molecular weight excluding hydrogens is 356 g/mol. The molecule has 140 valence electrons. The van der Waals surface area contributed by atoms with Crippen LogP contribution in [-0.2, 0) is 23.4 Å². The van der Waals surface area contributed by atoms with Gasteiger partial charge < -0.3 is 10.3 Å². The molecule has 0 spiro atoms. The Morgan fingerprint density at radius 3 is 2.67 bits per heavy atom. The second kappa shape index (κ2) is 8.91. The monoisotopic (exact) mass is 380 g/mol. The molecule has 3 aromatic rings. The Hall–Kier alpha value is -2.53. The fourth-order valence-corrected chi connectivity index (χ4v) is 3.77. The standard InChI is InChI=1S/C22H24N2O2S/c1-3-15-9-10-20-18(11-15)21(25)12-17(23-20)13-27-14-22(26)24-19-8-6-5-7-16(19)4-2/h5-12H,3-4,13-14H2,1-2H3,(H,23,25)(H,24,26). The maximum Gasteiger partial charge on any atom is 0.234 e. The first kappa shape index (κ1) is 19.2. The summed E-state index contributed by atoms with van der Waals surface area (Å²) in [5.41, 5.74) is 4.85. The number of para-hydroxylation sites is 1. The zero-order valence-corrected chi connectivity index (χ0v) is 16.5. The predicted molar refractivity (Wildman–Crippen MR) is 115 cm³/mol. The van der Waals surface area contributed by atoms with E-state index < -0.39 is 0 Å². The molecule has 1 heterocycles. The van der Waals surface area contributed by atoms with Gasteiger partial charge in [0.15, 0.2) is 5.43 Å². The first-order valence-electron chi connectivity index (χ1n) is 9.21. The second-order valence-corrected chi connectivity index (χ2v) is 7.43. The van der Waals surface area contributed by atoms with Crippen LogP contribution in [0.25, 0.3) is 10.9 Å². The van der Waals surface area contributed by atoms with Crippen LogP contribution in [0.4, 0.5) is 5.69 Å². The largest absolute Gasteiger partial charge is 0.357 e. The number of thioether (sulfide) groups is 1. The van der Waals surface area contributed by atoms with Crippen LogP contribution in [0.3, 0.4) is 0 Å². The molecule has 0 saturated carbocycles. The molecule has 1 aromatic heterocycles. The molecular formula is C22H24N2O2S. The van der Waals surface area contributed by atoms with Crippen molar-refractivity contribution in [2.45, 2.75) is 32.4 Å². The molecule has 0 bridgehead atoms. The van der Waals surface area contributed by atoms with Crippen LogP contribution in [-0.4, -0.2) is 16.6 Å². The van der Waals surface area contributed by atoms with Crippen LogP contribution in [0, 0.1) is 0 Å². The number of fused-ring (bicyclic) bond motifs is 1. The summed E-state index contributed by atoms with van der Waals surface area (Å²) in [6.45, 7) is 4.14. The molecule has 0 saturated heterocycles. The number of nitrogens with one attached hydrogen (secondary N) is 2. The lowest BCUT2D eigenvalue weighted by atomic mass is 10.1. The zero-order valence-electron chi connectivity index (χ0n) is 15.7. The lowest BCUT2D eigenvalue weighted by Crippen LogP contribution is -2.15. The Morgan fingerprint density at radius 2 is 1.89 bits per heavy atom. The number of pyridine rings is 1. The number of amides is 1. The average Bonchev–Trinajstić information content (AvgIpc) is 2.68. The number of carbonyl (C=O) groups excluding carboxylic acids is 1. The third-order valence-electron chi connectivity index (χ3n) is 4.52. The summed E-state index contributed by atoms with van der Waals surface area (Å²) in [5, 5.41) is 3.69. The van der Waals surface area contributed by atoms with Gasteiger partial charge in [-0.15, -0.1) is 11.8 Å². The van der Waals surface area contributed by atoms with E-state index >= 15 is 0 Å².